The molecule has 0 aliphatic carbocycles. The summed E-state index contributed by atoms with van der Waals surface area (Å²) in [5, 5.41) is 4.64. The van der Waals surface area contributed by atoms with E-state index < -0.39 is 0 Å². The summed E-state index contributed by atoms with van der Waals surface area (Å²) >= 11 is 0. The number of aromatic nitrogens is 3. The molecule has 126 valence electrons. The Kier molecular flexibility index (Phi) is 5.45. The van der Waals surface area contributed by atoms with E-state index >= 15 is 0 Å². The summed E-state index contributed by atoms with van der Waals surface area (Å²) < 4.78 is 1.94. The number of piperidine rings is 1. The molecule has 0 saturated carbocycles. The molecule has 2 aromatic heterocycles. The first-order valence-electron chi connectivity index (χ1n) is 7.89. The Balaban J connectivity index is 0.00000192. The third-order valence-corrected chi connectivity index (χ3v) is 4.71. The highest BCUT2D eigenvalue weighted by molar-refractivity contribution is 5.85. The van der Waals surface area contributed by atoms with Gasteiger partial charge in [0.2, 0.25) is 0 Å². The van der Waals surface area contributed by atoms with Gasteiger partial charge < -0.3 is 5.73 Å². The van der Waals surface area contributed by atoms with Gasteiger partial charge in [0, 0.05) is 49.8 Å². The molecule has 1 atom stereocenters. The second-order valence-electron chi connectivity index (χ2n) is 6.98. The zero-order valence-corrected chi connectivity index (χ0v) is 14.9. The summed E-state index contributed by atoms with van der Waals surface area (Å²) in [7, 11) is 0. The molecule has 1 fully saturated rings. The topological polar surface area (TPSA) is 60.0 Å². The monoisotopic (exact) mass is 335 g/mol. The van der Waals surface area contributed by atoms with Gasteiger partial charge in [-0.2, -0.15) is 5.10 Å². The Morgan fingerprint density at radius 2 is 2.00 bits per heavy atom. The molecule has 23 heavy (non-hydrogen) atoms. The van der Waals surface area contributed by atoms with Crippen LogP contribution in [0.2, 0.25) is 0 Å². The van der Waals surface area contributed by atoms with Gasteiger partial charge >= 0.3 is 0 Å². The van der Waals surface area contributed by atoms with Crippen LogP contribution in [0.15, 0.2) is 30.7 Å². The SMILES string of the molecule is Cc1nn(-c2ccncc2)cc1CN1CCC(N)C(C)(C)C1.Cl. The second-order valence-corrected chi connectivity index (χ2v) is 6.98. The molecule has 0 spiro atoms. The molecule has 1 saturated heterocycles. The van der Waals surface area contributed by atoms with Gasteiger partial charge in [-0.3, -0.25) is 9.88 Å². The Labute approximate surface area is 144 Å². The summed E-state index contributed by atoms with van der Waals surface area (Å²) in [5.41, 5.74) is 9.82. The van der Waals surface area contributed by atoms with E-state index in [1.54, 1.807) is 12.4 Å². The fourth-order valence-electron chi connectivity index (χ4n) is 3.14. The summed E-state index contributed by atoms with van der Waals surface area (Å²) in [5.74, 6) is 0. The van der Waals surface area contributed by atoms with Crippen LogP contribution >= 0.6 is 12.4 Å². The number of pyridine rings is 1. The van der Waals surface area contributed by atoms with Crippen molar-refractivity contribution < 1.29 is 0 Å². The van der Waals surface area contributed by atoms with Crippen molar-refractivity contribution in [3.05, 3.63) is 42.0 Å². The van der Waals surface area contributed by atoms with E-state index in [-0.39, 0.29) is 17.8 Å². The average molecular weight is 336 g/mol. The molecular formula is C17H26ClN5. The van der Waals surface area contributed by atoms with E-state index in [0.29, 0.717) is 6.04 Å². The number of nitrogens with two attached hydrogens (primary N) is 1. The third-order valence-electron chi connectivity index (χ3n) is 4.71. The number of rotatable bonds is 3. The highest BCUT2D eigenvalue weighted by Gasteiger charge is 2.33. The summed E-state index contributed by atoms with van der Waals surface area (Å²) in [6.07, 6.45) is 6.78. The molecule has 0 aromatic carbocycles. The Morgan fingerprint density at radius 3 is 2.65 bits per heavy atom. The van der Waals surface area contributed by atoms with Gasteiger partial charge in [0.15, 0.2) is 0 Å². The third kappa shape index (κ3) is 3.91. The highest BCUT2D eigenvalue weighted by atomic mass is 35.5. The zero-order chi connectivity index (χ0) is 15.7. The van der Waals surface area contributed by atoms with E-state index in [4.69, 9.17) is 5.73 Å². The van der Waals surface area contributed by atoms with E-state index in [9.17, 15) is 0 Å². The average Bonchev–Trinajstić information content (AvgIpc) is 2.85. The van der Waals surface area contributed by atoms with Gasteiger partial charge in [0.1, 0.15) is 0 Å². The number of likely N-dealkylation sites (tertiary alicyclic amines) is 1. The largest absolute Gasteiger partial charge is 0.327 e. The number of aryl methyl sites for hydroxylation is 1. The fourth-order valence-corrected chi connectivity index (χ4v) is 3.14. The standard InChI is InChI=1S/C17H25N5.ClH/c1-13-14(10-21-9-6-16(18)17(2,3)12-21)11-22(20-13)15-4-7-19-8-5-15;/h4-5,7-8,11,16H,6,9-10,12,18H2,1-3H3;1H. The van der Waals surface area contributed by atoms with Crippen LogP contribution in [0.1, 0.15) is 31.5 Å². The van der Waals surface area contributed by atoms with Gasteiger partial charge in [-0.1, -0.05) is 13.8 Å². The minimum Gasteiger partial charge on any atom is -0.327 e. The van der Waals surface area contributed by atoms with Gasteiger partial charge in [0.05, 0.1) is 11.4 Å². The van der Waals surface area contributed by atoms with Crippen LogP contribution in [0, 0.1) is 12.3 Å². The number of hydrogen-bond acceptors (Lipinski definition) is 4. The molecule has 3 heterocycles. The lowest BCUT2D eigenvalue weighted by atomic mass is 9.79. The maximum atomic E-state index is 6.23. The Bertz CT molecular complexity index is 638. The van der Waals surface area contributed by atoms with Crippen molar-refractivity contribution in [2.75, 3.05) is 13.1 Å². The lowest BCUT2D eigenvalue weighted by molar-refractivity contribution is 0.0897. The number of nitrogens with zero attached hydrogens (tertiary/aromatic N) is 4. The lowest BCUT2D eigenvalue weighted by Crippen LogP contribution is -2.52. The summed E-state index contributed by atoms with van der Waals surface area (Å²) in [6.45, 7) is 9.63. The van der Waals surface area contributed by atoms with Crippen molar-refractivity contribution in [3.63, 3.8) is 0 Å². The molecule has 2 N–H and O–H groups in total. The minimum absolute atomic E-state index is 0. The first-order valence-corrected chi connectivity index (χ1v) is 7.89. The van der Waals surface area contributed by atoms with Crippen LogP contribution in [-0.2, 0) is 6.54 Å². The van der Waals surface area contributed by atoms with Crippen molar-refractivity contribution in [1.29, 1.82) is 0 Å². The van der Waals surface area contributed by atoms with E-state index in [2.05, 4.69) is 42.0 Å². The van der Waals surface area contributed by atoms with E-state index in [1.807, 2.05) is 16.8 Å². The molecule has 1 aliphatic heterocycles. The van der Waals surface area contributed by atoms with Crippen molar-refractivity contribution in [2.45, 2.75) is 39.8 Å². The lowest BCUT2D eigenvalue weighted by Gasteiger charge is -2.42. The quantitative estimate of drug-likeness (QED) is 0.936. The van der Waals surface area contributed by atoms with Crippen LogP contribution in [0.4, 0.5) is 0 Å². The predicted molar refractivity (Wildman–Crippen MR) is 95.0 cm³/mol. The van der Waals surface area contributed by atoms with Crippen LogP contribution in [-0.4, -0.2) is 38.8 Å². The van der Waals surface area contributed by atoms with Gasteiger partial charge in [-0.25, -0.2) is 4.68 Å². The molecule has 6 heteroatoms. The Hall–Kier alpha value is -1.43. The molecule has 3 rings (SSSR count). The molecular weight excluding hydrogens is 310 g/mol. The highest BCUT2D eigenvalue weighted by Crippen LogP contribution is 2.29. The molecule has 5 nitrogen and oxygen atoms in total. The maximum absolute atomic E-state index is 6.23. The molecule has 0 amide bonds. The normalized spacial score (nSPS) is 21.0. The first-order chi connectivity index (χ1) is 10.5. The molecule has 1 unspecified atom stereocenters. The molecule has 2 aromatic rings. The van der Waals surface area contributed by atoms with Crippen LogP contribution in [0.3, 0.4) is 0 Å². The van der Waals surface area contributed by atoms with Crippen molar-refractivity contribution >= 4 is 12.4 Å². The van der Waals surface area contributed by atoms with Crippen molar-refractivity contribution in [1.82, 2.24) is 19.7 Å². The predicted octanol–water partition coefficient (Wildman–Crippen LogP) is 2.56. The van der Waals surface area contributed by atoms with Gasteiger partial charge in [-0.05, 0) is 30.9 Å². The molecule has 1 aliphatic rings. The smallest absolute Gasteiger partial charge is 0.0676 e. The van der Waals surface area contributed by atoms with E-state index in [0.717, 1.165) is 37.4 Å². The first kappa shape index (κ1) is 17.9. The van der Waals surface area contributed by atoms with Crippen LogP contribution in [0.25, 0.3) is 5.69 Å². The van der Waals surface area contributed by atoms with Crippen LogP contribution < -0.4 is 5.73 Å². The van der Waals surface area contributed by atoms with Crippen molar-refractivity contribution in [3.8, 4) is 5.69 Å². The number of halogens is 1. The maximum Gasteiger partial charge on any atom is 0.0676 e. The Morgan fingerprint density at radius 1 is 1.30 bits per heavy atom. The van der Waals surface area contributed by atoms with Gasteiger partial charge in [-0.15, -0.1) is 12.4 Å². The van der Waals surface area contributed by atoms with Gasteiger partial charge in [0.25, 0.3) is 0 Å². The summed E-state index contributed by atoms with van der Waals surface area (Å²) in [4.78, 5) is 6.55. The second kappa shape index (κ2) is 6.99. The van der Waals surface area contributed by atoms with Crippen LogP contribution in [0.5, 0.6) is 0 Å². The van der Waals surface area contributed by atoms with Crippen molar-refractivity contribution in [2.24, 2.45) is 11.1 Å². The van der Waals surface area contributed by atoms with E-state index in [1.165, 1.54) is 5.56 Å². The fraction of sp³-hybridized carbons (Fsp3) is 0.529. The summed E-state index contributed by atoms with van der Waals surface area (Å²) in [6, 6.07) is 4.24. The number of hydrogen-bond donors (Lipinski definition) is 1. The minimum atomic E-state index is 0. The zero-order valence-electron chi connectivity index (χ0n) is 14.1. The molecule has 0 bridgehead atoms. The molecule has 0 radical (unpaired) electrons.